The second kappa shape index (κ2) is 6.71. The van der Waals surface area contributed by atoms with Gasteiger partial charge >= 0.3 is 0 Å². The molecule has 22 heavy (non-hydrogen) atoms. The van der Waals surface area contributed by atoms with Crippen LogP contribution in [0.1, 0.15) is 28.3 Å². The molecule has 112 valence electrons. The molecule has 1 aliphatic rings. The van der Waals surface area contributed by atoms with Crippen molar-refractivity contribution >= 4 is 23.2 Å². The predicted molar refractivity (Wildman–Crippen MR) is 91.9 cm³/mol. The number of hydrogen-bond donors (Lipinski definition) is 1. The number of nitrogens with one attached hydrogen (secondary N) is 1. The molecule has 1 heterocycles. The topological polar surface area (TPSA) is 32.3 Å². The second-order valence-electron chi connectivity index (χ2n) is 5.47. The van der Waals surface area contributed by atoms with Crippen molar-refractivity contribution in [3.8, 4) is 0 Å². The van der Waals surface area contributed by atoms with E-state index in [-0.39, 0.29) is 5.91 Å². The molecule has 0 aromatic heterocycles. The van der Waals surface area contributed by atoms with Crippen LogP contribution in [0.15, 0.2) is 60.7 Å². The molecule has 1 saturated heterocycles. The van der Waals surface area contributed by atoms with E-state index >= 15 is 0 Å². The molecule has 1 fully saturated rings. The predicted octanol–water partition coefficient (Wildman–Crippen LogP) is 3.19. The fourth-order valence-electron chi connectivity index (χ4n) is 2.78. The number of likely N-dealkylation sites (tertiary alicyclic amines) is 1. The van der Waals surface area contributed by atoms with Gasteiger partial charge in [-0.3, -0.25) is 10.1 Å². The number of hydrogen-bond acceptors (Lipinski definition) is 2. The highest BCUT2D eigenvalue weighted by molar-refractivity contribution is 7.80. The normalized spacial score (nSPS) is 17.3. The summed E-state index contributed by atoms with van der Waals surface area (Å²) in [5, 5.41) is 3.35. The number of rotatable bonds is 2. The van der Waals surface area contributed by atoms with Crippen LogP contribution < -0.4 is 5.32 Å². The molecule has 2 aromatic carbocycles. The second-order valence-corrected chi connectivity index (χ2v) is 5.85. The van der Waals surface area contributed by atoms with Crippen LogP contribution in [0.3, 0.4) is 0 Å². The zero-order valence-electron chi connectivity index (χ0n) is 12.2. The maximum Gasteiger partial charge on any atom is 0.257 e. The van der Waals surface area contributed by atoms with Gasteiger partial charge in [0.15, 0.2) is 5.11 Å². The summed E-state index contributed by atoms with van der Waals surface area (Å²) in [4.78, 5) is 14.2. The largest absolute Gasteiger partial charge is 0.348 e. The molecule has 1 N–H and O–H groups in total. The number of carbonyl (C=O) groups is 1. The van der Waals surface area contributed by atoms with Gasteiger partial charge in [0, 0.05) is 24.6 Å². The van der Waals surface area contributed by atoms with E-state index in [9.17, 15) is 4.79 Å². The van der Waals surface area contributed by atoms with Gasteiger partial charge in [0.05, 0.1) is 0 Å². The first-order valence-electron chi connectivity index (χ1n) is 7.44. The van der Waals surface area contributed by atoms with Gasteiger partial charge < -0.3 is 4.90 Å². The van der Waals surface area contributed by atoms with E-state index in [4.69, 9.17) is 12.2 Å². The smallest absolute Gasteiger partial charge is 0.257 e. The average Bonchev–Trinajstić information content (AvgIpc) is 3.06. The summed E-state index contributed by atoms with van der Waals surface area (Å²) < 4.78 is 0. The number of carbonyl (C=O) groups excluding carboxylic acids is 1. The lowest BCUT2D eigenvalue weighted by atomic mass is 9.99. The van der Waals surface area contributed by atoms with Gasteiger partial charge in [-0.2, -0.15) is 0 Å². The lowest BCUT2D eigenvalue weighted by Crippen LogP contribution is -2.41. The molecule has 3 nitrogen and oxygen atoms in total. The van der Waals surface area contributed by atoms with Crippen LogP contribution in [0.25, 0.3) is 0 Å². The molecule has 0 bridgehead atoms. The summed E-state index contributed by atoms with van der Waals surface area (Å²) >= 11 is 5.39. The van der Waals surface area contributed by atoms with Crippen LogP contribution in [0.5, 0.6) is 0 Å². The number of thiocarbonyl (C=S) groups is 1. The van der Waals surface area contributed by atoms with Gasteiger partial charge in [-0.05, 0) is 36.3 Å². The first kappa shape index (κ1) is 14.7. The Morgan fingerprint density at radius 1 is 1.05 bits per heavy atom. The third-order valence-electron chi connectivity index (χ3n) is 4.00. The molecular formula is C18H18N2OS. The molecule has 0 saturated carbocycles. The zero-order chi connectivity index (χ0) is 15.4. The van der Waals surface area contributed by atoms with Crippen molar-refractivity contribution in [2.75, 3.05) is 13.1 Å². The molecule has 3 rings (SSSR count). The molecule has 2 aromatic rings. The molecule has 0 unspecified atom stereocenters. The SMILES string of the molecule is O=C(NC(=S)N1CC[C@@H](c2ccccc2)C1)c1ccccc1. The van der Waals surface area contributed by atoms with E-state index in [0.29, 0.717) is 16.6 Å². The maximum atomic E-state index is 12.1. The van der Waals surface area contributed by atoms with Crippen LogP contribution in [0.4, 0.5) is 0 Å². The van der Waals surface area contributed by atoms with E-state index in [1.165, 1.54) is 5.56 Å². The Morgan fingerprint density at radius 3 is 2.36 bits per heavy atom. The molecule has 1 aliphatic heterocycles. The Labute approximate surface area is 136 Å². The van der Waals surface area contributed by atoms with E-state index in [1.54, 1.807) is 12.1 Å². The highest BCUT2D eigenvalue weighted by Gasteiger charge is 2.26. The van der Waals surface area contributed by atoms with Crippen LogP contribution in [-0.2, 0) is 0 Å². The minimum Gasteiger partial charge on any atom is -0.348 e. The maximum absolute atomic E-state index is 12.1. The van der Waals surface area contributed by atoms with Gasteiger partial charge in [0.2, 0.25) is 0 Å². The Balaban J connectivity index is 1.59. The van der Waals surface area contributed by atoms with Gasteiger partial charge in [0.25, 0.3) is 5.91 Å². The highest BCUT2D eigenvalue weighted by Crippen LogP contribution is 2.26. The van der Waals surface area contributed by atoms with Crippen LogP contribution >= 0.6 is 12.2 Å². The fraction of sp³-hybridized carbons (Fsp3) is 0.222. The zero-order valence-corrected chi connectivity index (χ0v) is 13.1. The number of amides is 1. The van der Waals surface area contributed by atoms with Crippen molar-refractivity contribution < 1.29 is 4.79 Å². The third-order valence-corrected chi connectivity index (χ3v) is 4.36. The summed E-state index contributed by atoms with van der Waals surface area (Å²) in [6.45, 7) is 1.74. The van der Waals surface area contributed by atoms with Crippen molar-refractivity contribution in [3.63, 3.8) is 0 Å². The molecule has 0 spiro atoms. The summed E-state index contributed by atoms with van der Waals surface area (Å²) in [6.07, 6.45) is 1.06. The minimum atomic E-state index is -0.145. The minimum absolute atomic E-state index is 0.145. The quantitative estimate of drug-likeness (QED) is 0.865. The number of benzene rings is 2. The third kappa shape index (κ3) is 3.34. The van der Waals surface area contributed by atoms with Crippen molar-refractivity contribution in [1.82, 2.24) is 10.2 Å². The summed E-state index contributed by atoms with van der Waals surface area (Å²) in [5.41, 5.74) is 1.96. The summed E-state index contributed by atoms with van der Waals surface area (Å²) in [7, 11) is 0. The van der Waals surface area contributed by atoms with Crippen LogP contribution in [-0.4, -0.2) is 29.0 Å². The van der Waals surface area contributed by atoms with Crippen molar-refractivity contribution in [2.24, 2.45) is 0 Å². The molecule has 4 heteroatoms. The van der Waals surface area contributed by atoms with Gasteiger partial charge in [-0.1, -0.05) is 48.5 Å². The van der Waals surface area contributed by atoms with Crippen molar-refractivity contribution in [2.45, 2.75) is 12.3 Å². The average molecular weight is 310 g/mol. The first-order chi connectivity index (χ1) is 10.7. The van der Waals surface area contributed by atoms with E-state index < -0.39 is 0 Å². The molecule has 0 radical (unpaired) electrons. The lowest BCUT2D eigenvalue weighted by molar-refractivity contribution is 0.0974. The fourth-order valence-corrected chi connectivity index (χ4v) is 3.04. The lowest BCUT2D eigenvalue weighted by Gasteiger charge is -2.20. The monoisotopic (exact) mass is 310 g/mol. The molecule has 1 atom stereocenters. The van der Waals surface area contributed by atoms with Crippen molar-refractivity contribution in [1.29, 1.82) is 0 Å². The van der Waals surface area contributed by atoms with E-state index in [0.717, 1.165) is 19.5 Å². The van der Waals surface area contributed by atoms with Crippen LogP contribution in [0, 0.1) is 0 Å². The van der Waals surface area contributed by atoms with Gasteiger partial charge in [0.1, 0.15) is 0 Å². The standard InChI is InChI=1S/C18H18N2OS/c21-17(15-9-5-2-6-10-15)19-18(22)20-12-11-16(13-20)14-7-3-1-4-8-14/h1-10,16H,11-13H2,(H,19,21,22)/t16-/m1/s1. The van der Waals surface area contributed by atoms with Gasteiger partial charge in [-0.15, -0.1) is 0 Å². The number of nitrogens with zero attached hydrogens (tertiary/aromatic N) is 1. The molecule has 1 amide bonds. The van der Waals surface area contributed by atoms with Gasteiger partial charge in [-0.25, -0.2) is 0 Å². The Bertz CT molecular complexity index is 657. The highest BCUT2D eigenvalue weighted by atomic mass is 32.1. The van der Waals surface area contributed by atoms with Crippen LogP contribution in [0.2, 0.25) is 0 Å². The summed E-state index contributed by atoms with van der Waals surface area (Å²) in [5.74, 6) is 0.335. The Kier molecular flexibility index (Phi) is 4.49. The molecule has 0 aliphatic carbocycles. The first-order valence-corrected chi connectivity index (χ1v) is 7.85. The molecular weight excluding hydrogens is 292 g/mol. The van der Waals surface area contributed by atoms with E-state index in [2.05, 4.69) is 34.5 Å². The van der Waals surface area contributed by atoms with Crippen molar-refractivity contribution in [3.05, 3.63) is 71.8 Å². The van der Waals surface area contributed by atoms with E-state index in [1.807, 2.05) is 24.3 Å². The Hall–Kier alpha value is -2.20. The summed E-state index contributed by atoms with van der Waals surface area (Å²) in [6, 6.07) is 19.6. The Morgan fingerprint density at radius 2 is 1.68 bits per heavy atom.